The average Bonchev–Trinajstić information content (AvgIpc) is 2.98. The molecule has 9 nitrogen and oxygen atoms in total. The van der Waals surface area contributed by atoms with Gasteiger partial charge in [0.05, 0.1) is 23.8 Å². The minimum Gasteiger partial charge on any atom is -0.391 e. The van der Waals surface area contributed by atoms with E-state index in [1.54, 1.807) is 36.4 Å². The molecule has 3 aromatic rings. The SMILES string of the molecule is C.C[C@@H](O)[C@H](NC(=O)c1ccc(C#Cc2ccc(NC(=O)CNCc3cc(C(F)(F)F)cc(C(F)(F)F)c3)cc2)cc1)C(=O)NO. The molecule has 0 fully saturated rings. The molecule has 3 aromatic carbocycles. The van der Waals surface area contributed by atoms with Crippen molar-refractivity contribution in [2.24, 2.45) is 0 Å². The number of hydrogen-bond acceptors (Lipinski definition) is 6. The number of nitrogens with one attached hydrogen (secondary N) is 4. The van der Waals surface area contributed by atoms with Crippen LogP contribution in [-0.4, -0.2) is 46.7 Å². The fraction of sp³-hybridized carbons (Fsp3) is 0.258. The van der Waals surface area contributed by atoms with Crippen molar-refractivity contribution in [3.63, 3.8) is 0 Å². The number of aliphatic hydroxyl groups is 1. The summed E-state index contributed by atoms with van der Waals surface area (Å²) in [6.07, 6.45) is -11.2. The first-order chi connectivity index (χ1) is 21.1. The highest BCUT2D eigenvalue weighted by Crippen LogP contribution is 2.36. The molecule has 6 N–H and O–H groups in total. The molecule has 0 saturated carbocycles. The molecule has 0 spiro atoms. The lowest BCUT2D eigenvalue weighted by Gasteiger charge is -2.19. The van der Waals surface area contributed by atoms with Crippen LogP contribution in [0.5, 0.6) is 0 Å². The molecule has 0 aliphatic carbocycles. The fourth-order valence-corrected chi connectivity index (χ4v) is 3.83. The second kappa shape index (κ2) is 15.9. The average molecular weight is 653 g/mol. The topological polar surface area (TPSA) is 140 Å². The quantitative estimate of drug-likeness (QED) is 0.0873. The Kier molecular flexibility index (Phi) is 12.9. The van der Waals surface area contributed by atoms with E-state index in [0.717, 1.165) is 0 Å². The molecule has 2 atom stereocenters. The molecule has 0 aliphatic rings. The smallest absolute Gasteiger partial charge is 0.391 e. The molecule has 15 heteroatoms. The second-order valence-electron chi connectivity index (χ2n) is 9.64. The Morgan fingerprint density at radius 2 is 1.33 bits per heavy atom. The zero-order valence-corrected chi connectivity index (χ0v) is 23.3. The summed E-state index contributed by atoms with van der Waals surface area (Å²) in [6.45, 7) is 0.469. The summed E-state index contributed by atoms with van der Waals surface area (Å²) < 4.78 is 78.1. The molecule has 0 unspecified atom stereocenters. The molecule has 46 heavy (non-hydrogen) atoms. The molecule has 3 rings (SSSR count). The highest BCUT2D eigenvalue weighted by atomic mass is 19.4. The van der Waals surface area contributed by atoms with Crippen LogP contribution >= 0.6 is 0 Å². The largest absolute Gasteiger partial charge is 0.416 e. The van der Waals surface area contributed by atoms with E-state index in [2.05, 4.69) is 27.8 Å². The van der Waals surface area contributed by atoms with Gasteiger partial charge in [0.15, 0.2) is 0 Å². The van der Waals surface area contributed by atoms with Crippen molar-refractivity contribution in [3.8, 4) is 11.8 Å². The Morgan fingerprint density at radius 3 is 1.78 bits per heavy atom. The second-order valence-corrected chi connectivity index (χ2v) is 9.64. The van der Waals surface area contributed by atoms with Crippen LogP contribution in [-0.2, 0) is 28.5 Å². The zero-order chi connectivity index (χ0) is 33.4. The van der Waals surface area contributed by atoms with Crippen molar-refractivity contribution in [2.75, 3.05) is 11.9 Å². The van der Waals surface area contributed by atoms with E-state index in [9.17, 15) is 45.8 Å². The Bertz CT molecular complexity index is 1550. The fourth-order valence-electron chi connectivity index (χ4n) is 3.83. The molecule has 0 saturated heterocycles. The summed E-state index contributed by atoms with van der Waals surface area (Å²) >= 11 is 0. The number of rotatable bonds is 9. The van der Waals surface area contributed by atoms with Gasteiger partial charge in [0.25, 0.3) is 11.8 Å². The maximum atomic E-state index is 13.0. The number of amides is 3. The normalized spacial score (nSPS) is 12.5. The van der Waals surface area contributed by atoms with Gasteiger partial charge in [-0.05, 0) is 79.2 Å². The van der Waals surface area contributed by atoms with Gasteiger partial charge in [0.1, 0.15) is 6.04 Å². The zero-order valence-electron chi connectivity index (χ0n) is 23.3. The minimum absolute atomic E-state index is 0. The highest BCUT2D eigenvalue weighted by Gasteiger charge is 2.36. The van der Waals surface area contributed by atoms with Gasteiger partial charge in [-0.25, -0.2) is 5.48 Å². The third-order valence-corrected chi connectivity index (χ3v) is 6.09. The summed E-state index contributed by atoms with van der Waals surface area (Å²) in [5, 5.41) is 25.8. The summed E-state index contributed by atoms with van der Waals surface area (Å²) in [7, 11) is 0. The van der Waals surface area contributed by atoms with E-state index < -0.39 is 59.9 Å². The molecule has 246 valence electrons. The van der Waals surface area contributed by atoms with Crippen LogP contribution in [0.2, 0.25) is 0 Å². The summed E-state index contributed by atoms with van der Waals surface area (Å²) in [4.78, 5) is 36.2. The van der Waals surface area contributed by atoms with Crippen molar-refractivity contribution in [2.45, 2.75) is 45.4 Å². The first-order valence-corrected chi connectivity index (χ1v) is 13.0. The van der Waals surface area contributed by atoms with Gasteiger partial charge >= 0.3 is 12.4 Å². The number of hydrogen-bond donors (Lipinski definition) is 6. The van der Waals surface area contributed by atoms with Crippen molar-refractivity contribution in [1.82, 2.24) is 16.1 Å². The number of anilines is 1. The van der Waals surface area contributed by atoms with Gasteiger partial charge < -0.3 is 21.1 Å². The van der Waals surface area contributed by atoms with Gasteiger partial charge in [0.2, 0.25) is 5.91 Å². The standard InChI is InChI=1S/C30H26F6N4O5.CH4/c1-17(41)26(28(44)40-45)39-27(43)21-8-4-18(5-9-21)2-3-19-6-10-24(11-7-19)38-25(42)16-37-15-20-12-22(29(31,32)33)14-23(13-20)30(34,35)36;/h4-14,17,26,37,41,45H,15-16H2,1H3,(H,38,42)(H,39,43)(H,40,44);1H4/t17-,26+;/m1./s1. The van der Waals surface area contributed by atoms with E-state index >= 15 is 0 Å². The Labute approximate surface area is 260 Å². The monoisotopic (exact) mass is 652 g/mol. The third-order valence-electron chi connectivity index (χ3n) is 6.09. The number of benzene rings is 3. The number of carbonyl (C=O) groups excluding carboxylic acids is 3. The molecule has 0 heterocycles. The maximum Gasteiger partial charge on any atom is 0.416 e. The summed E-state index contributed by atoms with van der Waals surface area (Å²) in [5.41, 5.74) is -0.166. The van der Waals surface area contributed by atoms with Crippen molar-refractivity contribution < 1.29 is 51.0 Å². The van der Waals surface area contributed by atoms with Crippen LogP contribution in [0.3, 0.4) is 0 Å². The molecule has 0 radical (unpaired) electrons. The van der Waals surface area contributed by atoms with Crippen molar-refractivity contribution in [3.05, 3.63) is 100 Å². The van der Waals surface area contributed by atoms with Crippen LogP contribution < -0.4 is 21.4 Å². The van der Waals surface area contributed by atoms with E-state index in [1.807, 2.05) is 0 Å². The van der Waals surface area contributed by atoms with Gasteiger partial charge in [-0.1, -0.05) is 19.3 Å². The van der Waals surface area contributed by atoms with Gasteiger partial charge in [0, 0.05) is 28.9 Å². The predicted molar refractivity (Wildman–Crippen MR) is 155 cm³/mol. The molecular formula is C31H30F6N4O5. The molecule has 0 aromatic heterocycles. The lowest BCUT2D eigenvalue weighted by molar-refractivity contribution is -0.143. The first kappa shape index (κ1) is 37.3. The van der Waals surface area contributed by atoms with Crippen molar-refractivity contribution in [1.29, 1.82) is 0 Å². The van der Waals surface area contributed by atoms with Crippen LogP contribution in [0.1, 0.15) is 52.5 Å². The number of aliphatic hydroxyl groups excluding tert-OH is 1. The van der Waals surface area contributed by atoms with Crippen LogP contribution in [0, 0.1) is 11.8 Å². The third kappa shape index (κ3) is 10.9. The van der Waals surface area contributed by atoms with Gasteiger partial charge in [-0.15, -0.1) is 0 Å². The lowest BCUT2D eigenvalue weighted by atomic mass is 10.0. The predicted octanol–water partition coefficient (Wildman–Crippen LogP) is 4.47. The van der Waals surface area contributed by atoms with Crippen LogP contribution in [0.15, 0.2) is 66.7 Å². The van der Waals surface area contributed by atoms with E-state index in [4.69, 9.17) is 5.21 Å². The van der Waals surface area contributed by atoms with Crippen LogP contribution in [0.4, 0.5) is 32.0 Å². The van der Waals surface area contributed by atoms with Crippen LogP contribution in [0.25, 0.3) is 0 Å². The Hall–Kier alpha value is -4.91. The first-order valence-electron chi connectivity index (χ1n) is 13.0. The minimum atomic E-state index is -4.97. The summed E-state index contributed by atoms with van der Waals surface area (Å²) in [5.74, 6) is 3.55. The number of alkyl halides is 6. The van der Waals surface area contributed by atoms with Gasteiger partial charge in [-0.2, -0.15) is 26.3 Å². The molecule has 0 bridgehead atoms. The molecular weight excluding hydrogens is 622 g/mol. The van der Waals surface area contributed by atoms with E-state index in [1.165, 1.54) is 24.5 Å². The van der Waals surface area contributed by atoms with Crippen molar-refractivity contribution >= 4 is 23.4 Å². The summed E-state index contributed by atoms with van der Waals surface area (Å²) in [6, 6.07) is 12.1. The number of halogens is 6. The van der Waals surface area contributed by atoms with E-state index in [-0.39, 0.29) is 31.2 Å². The Balaban J connectivity index is 0.00000736. The van der Waals surface area contributed by atoms with Gasteiger partial charge in [-0.3, -0.25) is 19.6 Å². The van der Waals surface area contributed by atoms with E-state index in [0.29, 0.717) is 28.9 Å². The lowest BCUT2D eigenvalue weighted by Crippen LogP contribution is -2.51. The molecule has 3 amide bonds. The number of carbonyl (C=O) groups is 3. The maximum absolute atomic E-state index is 13.0. The Morgan fingerprint density at radius 1 is 0.826 bits per heavy atom. The number of hydroxylamine groups is 1. The highest BCUT2D eigenvalue weighted by molar-refractivity contribution is 5.97. The molecule has 0 aliphatic heterocycles.